The van der Waals surface area contributed by atoms with Crippen LogP contribution in [0.4, 0.5) is 10.2 Å². The first-order chi connectivity index (χ1) is 10.8. The third kappa shape index (κ3) is 2.95. The van der Waals surface area contributed by atoms with Gasteiger partial charge in [0.1, 0.15) is 12.1 Å². The molecule has 6 heteroatoms. The second-order valence-electron chi connectivity index (χ2n) is 4.72. The highest BCUT2D eigenvalue weighted by atomic mass is 19.1. The summed E-state index contributed by atoms with van der Waals surface area (Å²) in [7, 11) is 1.43. The van der Waals surface area contributed by atoms with E-state index in [2.05, 4.69) is 20.3 Å². The van der Waals surface area contributed by atoms with Crippen molar-refractivity contribution in [2.45, 2.75) is 6.42 Å². The number of anilines is 1. The number of rotatable bonds is 5. The van der Waals surface area contributed by atoms with Crippen LogP contribution in [-0.2, 0) is 6.42 Å². The summed E-state index contributed by atoms with van der Waals surface area (Å²) >= 11 is 0. The predicted octanol–water partition coefficient (Wildman–Crippen LogP) is 2.83. The quantitative estimate of drug-likeness (QED) is 0.785. The summed E-state index contributed by atoms with van der Waals surface area (Å²) in [6.45, 7) is 0.669. The van der Waals surface area contributed by atoms with Crippen molar-refractivity contribution in [3.05, 3.63) is 54.4 Å². The van der Waals surface area contributed by atoms with Gasteiger partial charge < -0.3 is 10.1 Å². The van der Waals surface area contributed by atoms with Crippen molar-refractivity contribution in [1.82, 2.24) is 15.0 Å². The zero-order valence-electron chi connectivity index (χ0n) is 12.1. The monoisotopic (exact) mass is 298 g/mol. The minimum Gasteiger partial charge on any atom is -0.494 e. The number of nitrogens with one attached hydrogen (secondary N) is 1. The second-order valence-corrected chi connectivity index (χ2v) is 4.72. The Morgan fingerprint density at radius 3 is 2.86 bits per heavy atom. The fourth-order valence-electron chi connectivity index (χ4n) is 2.21. The summed E-state index contributed by atoms with van der Waals surface area (Å²) in [5.41, 5.74) is 1.53. The van der Waals surface area contributed by atoms with Gasteiger partial charge in [0, 0.05) is 36.3 Å². The first kappa shape index (κ1) is 14.2. The van der Waals surface area contributed by atoms with Gasteiger partial charge in [-0.3, -0.25) is 4.98 Å². The Labute approximate surface area is 127 Å². The van der Waals surface area contributed by atoms with Crippen LogP contribution in [0.2, 0.25) is 0 Å². The van der Waals surface area contributed by atoms with Gasteiger partial charge in [0.05, 0.1) is 12.6 Å². The van der Waals surface area contributed by atoms with Gasteiger partial charge in [-0.15, -0.1) is 0 Å². The van der Waals surface area contributed by atoms with Crippen molar-refractivity contribution in [1.29, 1.82) is 0 Å². The number of aromatic nitrogens is 3. The molecule has 112 valence electrons. The molecular weight excluding hydrogens is 283 g/mol. The molecule has 0 saturated carbocycles. The molecule has 22 heavy (non-hydrogen) atoms. The summed E-state index contributed by atoms with van der Waals surface area (Å²) < 4.78 is 18.7. The average molecular weight is 298 g/mol. The van der Waals surface area contributed by atoms with Gasteiger partial charge in [-0.25, -0.2) is 14.4 Å². The SMILES string of the molecule is COc1cc2c(NCCc3ccccn3)ncnc2cc1F. The van der Waals surface area contributed by atoms with E-state index in [9.17, 15) is 4.39 Å². The molecule has 0 spiro atoms. The third-order valence-corrected chi connectivity index (χ3v) is 3.31. The fourth-order valence-corrected chi connectivity index (χ4v) is 2.21. The molecule has 2 aromatic heterocycles. The second kappa shape index (κ2) is 6.34. The molecule has 0 unspecified atom stereocenters. The fraction of sp³-hybridized carbons (Fsp3) is 0.188. The van der Waals surface area contributed by atoms with E-state index in [1.54, 1.807) is 12.3 Å². The lowest BCUT2D eigenvalue weighted by Crippen LogP contribution is -2.08. The largest absolute Gasteiger partial charge is 0.494 e. The van der Waals surface area contributed by atoms with E-state index in [4.69, 9.17) is 4.74 Å². The van der Waals surface area contributed by atoms with E-state index in [1.165, 1.54) is 19.5 Å². The van der Waals surface area contributed by atoms with Gasteiger partial charge in [-0.05, 0) is 18.2 Å². The molecule has 0 saturated heterocycles. The van der Waals surface area contributed by atoms with Gasteiger partial charge in [0.25, 0.3) is 0 Å². The zero-order valence-corrected chi connectivity index (χ0v) is 12.1. The van der Waals surface area contributed by atoms with E-state index in [-0.39, 0.29) is 5.75 Å². The summed E-state index contributed by atoms with van der Waals surface area (Å²) in [5.74, 6) is 0.391. The maximum atomic E-state index is 13.7. The molecule has 2 heterocycles. The molecule has 0 atom stereocenters. The summed E-state index contributed by atoms with van der Waals surface area (Å²) in [5, 5.41) is 3.96. The van der Waals surface area contributed by atoms with Crippen molar-refractivity contribution in [3.8, 4) is 5.75 Å². The predicted molar refractivity (Wildman–Crippen MR) is 82.5 cm³/mol. The average Bonchev–Trinajstić information content (AvgIpc) is 2.55. The number of nitrogens with zero attached hydrogens (tertiary/aromatic N) is 3. The van der Waals surface area contributed by atoms with E-state index < -0.39 is 5.82 Å². The molecule has 0 bridgehead atoms. The number of hydrogen-bond donors (Lipinski definition) is 1. The summed E-state index contributed by atoms with van der Waals surface area (Å²) in [6, 6.07) is 8.76. The molecule has 0 radical (unpaired) electrons. The third-order valence-electron chi connectivity index (χ3n) is 3.31. The van der Waals surface area contributed by atoms with E-state index in [0.29, 0.717) is 17.9 Å². The number of fused-ring (bicyclic) bond motifs is 1. The van der Waals surface area contributed by atoms with E-state index in [1.807, 2.05) is 18.2 Å². The van der Waals surface area contributed by atoms with Crippen LogP contribution in [0, 0.1) is 5.82 Å². The Morgan fingerprint density at radius 2 is 2.09 bits per heavy atom. The molecule has 5 nitrogen and oxygen atoms in total. The molecule has 0 aliphatic carbocycles. The van der Waals surface area contributed by atoms with Gasteiger partial charge >= 0.3 is 0 Å². The molecule has 3 rings (SSSR count). The summed E-state index contributed by atoms with van der Waals surface area (Å²) in [6.07, 6.45) is 3.95. The van der Waals surface area contributed by atoms with Crippen LogP contribution < -0.4 is 10.1 Å². The highest BCUT2D eigenvalue weighted by molar-refractivity contribution is 5.90. The van der Waals surface area contributed by atoms with Crippen LogP contribution in [0.5, 0.6) is 5.75 Å². The van der Waals surface area contributed by atoms with Gasteiger partial charge in [-0.2, -0.15) is 0 Å². The van der Waals surface area contributed by atoms with Crippen molar-refractivity contribution in [2.75, 3.05) is 19.0 Å². The van der Waals surface area contributed by atoms with E-state index >= 15 is 0 Å². The lowest BCUT2D eigenvalue weighted by atomic mass is 10.2. The van der Waals surface area contributed by atoms with Gasteiger partial charge in [-0.1, -0.05) is 6.07 Å². The molecule has 1 aromatic carbocycles. The minimum atomic E-state index is -0.437. The molecule has 3 aromatic rings. The number of pyridine rings is 1. The number of hydrogen-bond acceptors (Lipinski definition) is 5. The Bertz CT molecular complexity index is 780. The van der Waals surface area contributed by atoms with Crippen LogP contribution in [0.3, 0.4) is 0 Å². The van der Waals surface area contributed by atoms with Gasteiger partial charge in [0.2, 0.25) is 0 Å². The van der Waals surface area contributed by atoms with Gasteiger partial charge in [0.15, 0.2) is 11.6 Å². The molecular formula is C16H15FN4O. The molecule has 0 amide bonds. The normalized spacial score (nSPS) is 10.6. The Hall–Kier alpha value is -2.76. The molecule has 0 fully saturated rings. The van der Waals surface area contributed by atoms with Crippen LogP contribution >= 0.6 is 0 Å². The number of methoxy groups -OCH3 is 1. The number of benzene rings is 1. The number of ether oxygens (including phenoxy) is 1. The van der Waals surface area contributed by atoms with Crippen LogP contribution in [0.25, 0.3) is 10.9 Å². The highest BCUT2D eigenvalue weighted by Crippen LogP contribution is 2.27. The maximum absolute atomic E-state index is 13.7. The van der Waals surface area contributed by atoms with Crippen LogP contribution in [-0.4, -0.2) is 28.6 Å². The highest BCUT2D eigenvalue weighted by Gasteiger charge is 2.09. The first-order valence-corrected chi connectivity index (χ1v) is 6.90. The molecule has 1 N–H and O–H groups in total. The molecule has 0 aliphatic heterocycles. The van der Waals surface area contributed by atoms with Crippen LogP contribution in [0.1, 0.15) is 5.69 Å². The Balaban J connectivity index is 1.81. The van der Waals surface area contributed by atoms with Crippen LogP contribution in [0.15, 0.2) is 42.9 Å². The van der Waals surface area contributed by atoms with E-state index in [0.717, 1.165) is 17.5 Å². The minimum absolute atomic E-state index is 0.176. The lowest BCUT2D eigenvalue weighted by Gasteiger charge is -2.09. The first-order valence-electron chi connectivity index (χ1n) is 6.90. The van der Waals surface area contributed by atoms with Crippen molar-refractivity contribution < 1.29 is 9.13 Å². The Kier molecular flexibility index (Phi) is 4.09. The molecule has 0 aliphatic rings. The lowest BCUT2D eigenvalue weighted by molar-refractivity contribution is 0.387. The Morgan fingerprint density at radius 1 is 1.18 bits per heavy atom. The smallest absolute Gasteiger partial charge is 0.167 e. The summed E-state index contributed by atoms with van der Waals surface area (Å²) in [4.78, 5) is 12.6. The standard InChI is InChI=1S/C16H15FN4O/c1-22-15-8-12-14(9-13(15)17)20-10-21-16(12)19-7-5-11-4-2-3-6-18-11/h2-4,6,8-10H,5,7H2,1H3,(H,19,20,21). The number of halogens is 1. The van der Waals surface area contributed by atoms with Crippen molar-refractivity contribution in [3.63, 3.8) is 0 Å². The topological polar surface area (TPSA) is 59.9 Å². The maximum Gasteiger partial charge on any atom is 0.167 e. The van der Waals surface area contributed by atoms with Crippen molar-refractivity contribution in [2.24, 2.45) is 0 Å². The zero-order chi connectivity index (χ0) is 15.4. The van der Waals surface area contributed by atoms with Crippen molar-refractivity contribution >= 4 is 16.7 Å².